The van der Waals surface area contributed by atoms with E-state index >= 15 is 0 Å². The van der Waals surface area contributed by atoms with Crippen molar-refractivity contribution < 1.29 is 4.21 Å². The summed E-state index contributed by atoms with van der Waals surface area (Å²) in [4.78, 5) is 0.892. The van der Waals surface area contributed by atoms with Gasteiger partial charge in [-0.2, -0.15) is 0 Å². The van der Waals surface area contributed by atoms with Crippen molar-refractivity contribution in [2.75, 3.05) is 0 Å². The number of hydrogen-bond donors (Lipinski definition) is 1. The summed E-state index contributed by atoms with van der Waals surface area (Å²) in [7, 11) is -1.17. The predicted octanol–water partition coefficient (Wildman–Crippen LogP) is 5.76. The molecule has 0 aliphatic carbocycles. The van der Waals surface area contributed by atoms with Crippen molar-refractivity contribution >= 4 is 11.0 Å². The second kappa shape index (κ2) is 10.2. The number of aryl methyl sites for hydroxylation is 1. The van der Waals surface area contributed by atoms with Gasteiger partial charge in [-0.05, 0) is 44.7 Å². The maximum absolute atomic E-state index is 12.4. The minimum Gasteiger partial charge on any atom is -0.237 e. The molecule has 0 spiro atoms. The van der Waals surface area contributed by atoms with Crippen LogP contribution in [0, 0.1) is 6.92 Å². The van der Waals surface area contributed by atoms with Crippen LogP contribution >= 0.6 is 0 Å². The predicted molar refractivity (Wildman–Crippen MR) is 102 cm³/mol. The molecule has 1 aromatic carbocycles. The minimum atomic E-state index is -1.17. The third-order valence-corrected chi connectivity index (χ3v) is 4.09. The van der Waals surface area contributed by atoms with E-state index in [9.17, 15) is 4.21 Å². The van der Waals surface area contributed by atoms with E-state index in [1.165, 1.54) is 5.56 Å². The van der Waals surface area contributed by atoms with Gasteiger partial charge in [0.1, 0.15) is 11.0 Å². The molecule has 1 unspecified atom stereocenters. The first kappa shape index (κ1) is 23.6. The lowest BCUT2D eigenvalue weighted by atomic mass is 9.86. The van der Waals surface area contributed by atoms with Crippen LogP contribution in [0.1, 0.15) is 80.4 Å². The molecule has 0 radical (unpaired) electrons. The van der Waals surface area contributed by atoms with E-state index in [2.05, 4.69) is 38.5 Å². The first-order chi connectivity index (χ1) is 10.0. The summed E-state index contributed by atoms with van der Waals surface area (Å²) in [6.07, 6.45) is 0. The Kier molecular flexibility index (Phi) is 10.9. The molecular formula is C19H37NOS. The molecule has 0 aliphatic rings. The summed E-state index contributed by atoms with van der Waals surface area (Å²) in [5, 5.41) is 0. The first-order valence-corrected chi connectivity index (χ1v) is 9.46. The summed E-state index contributed by atoms with van der Waals surface area (Å²) in [6, 6.07) is 6.13. The average molecular weight is 328 g/mol. The van der Waals surface area contributed by atoms with E-state index < -0.39 is 11.0 Å². The molecule has 0 amide bonds. The fourth-order valence-corrected chi connectivity index (χ4v) is 3.15. The summed E-state index contributed by atoms with van der Waals surface area (Å²) in [5.41, 5.74) is 2.19. The Morgan fingerprint density at radius 3 is 1.73 bits per heavy atom. The third-order valence-electron chi connectivity index (χ3n) is 2.54. The van der Waals surface area contributed by atoms with Crippen molar-refractivity contribution in [3.63, 3.8) is 0 Å². The first-order valence-electron chi connectivity index (χ1n) is 8.31. The van der Waals surface area contributed by atoms with Gasteiger partial charge in [0.15, 0.2) is 0 Å². The molecule has 0 aromatic heterocycles. The number of nitrogens with one attached hydrogen (secondary N) is 1. The van der Waals surface area contributed by atoms with Gasteiger partial charge in [-0.3, -0.25) is 0 Å². The maximum Gasteiger partial charge on any atom is 0.125 e. The van der Waals surface area contributed by atoms with Crippen LogP contribution in [0.2, 0.25) is 0 Å². The fraction of sp³-hybridized carbons (Fsp3) is 0.684. The molecule has 0 saturated heterocycles. The van der Waals surface area contributed by atoms with Gasteiger partial charge in [-0.1, -0.05) is 66.2 Å². The van der Waals surface area contributed by atoms with E-state index in [1.54, 1.807) is 0 Å². The SMILES string of the molecule is CC.CC.Cc1ccc(S(=O)NC(C)(C)C)c(C(C)(C)C)c1. The van der Waals surface area contributed by atoms with E-state index in [0.717, 1.165) is 10.5 Å². The Labute approximate surface area is 141 Å². The quantitative estimate of drug-likeness (QED) is 0.735. The van der Waals surface area contributed by atoms with E-state index in [1.807, 2.05) is 60.6 Å². The lowest BCUT2D eigenvalue weighted by molar-refractivity contribution is 0.516. The van der Waals surface area contributed by atoms with Gasteiger partial charge < -0.3 is 0 Å². The molecule has 0 bridgehead atoms. The fourth-order valence-electron chi connectivity index (χ4n) is 1.72. The van der Waals surface area contributed by atoms with Gasteiger partial charge in [0, 0.05) is 5.54 Å². The smallest absolute Gasteiger partial charge is 0.125 e. The highest BCUT2D eigenvalue weighted by Gasteiger charge is 2.23. The molecule has 0 saturated carbocycles. The maximum atomic E-state index is 12.4. The second-order valence-electron chi connectivity index (χ2n) is 6.87. The molecule has 0 heterocycles. The molecule has 1 atom stereocenters. The average Bonchev–Trinajstić information content (AvgIpc) is 2.40. The van der Waals surface area contributed by atoms with Crippen LogP contribution in [-0.4, -0.2) is 9.75 Å². The highest BCUT2D eigenvalue weighted by atomic mass is 32.2. The summed E-state index contributed by atoms with van der Waals surface area (Å²) in [5.74, 6) is 0. The van der Waals surface area contributed by atoms with Crippen molar-refractivity contribution in [3.05, 3.63) is 29.3 Å². The Balaban J connectivity index is 0. The van der Waals surface area contributed by atoms with Gasteiger partial charge in [0.05, 0.1) is 4.90 Å². The molecule has 130 valence electrons. The number of hydrogen-bond acceptors (Lipinski definition) is 1. The molecular weight excluding hydrogens is 290 g/mol. The van der Waals surface area contributed by atoms with Crippen molar-refractivity contribution in [3.8, 4) is 0 Å². The number of rotatable bonds is 2. The summed E-state index contributed by atoms with van der Waals surface area (Å²) < 4.78 is 15.6. The van der Waals surface area contributed by atoms with Crippen LogP contribution in [0.5, 0.6) is 0 Å². The lowest BCUT2D eigenvalue weighted by Crippen LogP contribution is -2.37. The highest BCUT2D eigenvalue weighted by Crippen LogP contribution is 2.29. The highest BCUT2D eigenvalue weighted by molar-refractivity contribution is 7.83. The van der Waals surface area contributed by atoms with Gasteiger partial charge in [0.25, 0.3) is 0 Å². The van der Waals surface area contributed by atoms with Crippen LogP contribution in [0.3, 0.4) is 0 Å². The third kappa shape index (κ3) is 8.70. The van der Waals surface area contributed by atoms with Crippen LogP contribution in [-0.2, 0) is 16.4 Å². The zero-order chi connectivity index (χ0) is 18.1. The zero-order valence-corrected chi connectivity index (χ0v) is 17.4. The van der Waals surface area contributed by atoms with E-state index in [0.29, 0.717) is 0 Å². The molecule has 1 aromatic rings. The molecule has 22 heavy (non-hydrogen) atoms. The van der Waals surface area contributed by atoms with Crippen LogP contribution in [0.15, 0.2) is 23.1 Å². The van der Waals surface area contributed by atoms with Crippen molar-refractivity contribution in [1.29, 1.82) is 0 Å². The monoisotopic (exact) mass is 327 g/mol. The van der Waals surface area contributed by atoms with E-state index in [4.69, 9.17) is 0 Å². The largest absolute Gasteiger partial charge is 0.237 e. The van der Waals surface area contributed by atoms with Gasteiger partial charge >= 0.3 is 0 Å². The second-order valence-corrected chi connectivity index (χ2v) is 8.05. The molecule has 0 aliphatic heterocycles. The Morgan fingerprint density at radius 2 is 1.36 bits per heavy atom. The topological polar surface area (TPSA) is 29.1 Å². The molecule has 2 nitrogen and oxygen atoms in total. The normalized spacial score (nSPS) is 12.5. The van der Waals surface area contributed by atoms with Crippen molar-refractivity contribution in [2.24, 2.45) is 0 Å². The van der Waals surface area contributed by atoms with Gasteiger partial charge in [-0.25, -0.2) is 8.93 Å². The number of benzene rings is 1. The Hall–Kier alpha value is -0.670. The molecule has 1 N–H and O–H groups in total. The van der Waals surface area contributed by atoms with Gasteiger partial charge in [0.2, 0.25) is 0 Å². The summed E-state index contributed by atoms with van der Waals surface area (Å²) >= 11 is 0. The molecule has 0 fully saturated rings. The van der Waals surface area contributed by atoms with Crippen molar-refractivity contribution in [1.82, 2.24) is 4.72 Å². The van der Waals surface area contributed by atoms with Crippen LogP contribution in [0.4, 0.5) is 0 Å². The Morgan fingerprint density at radius 1 is 0.909 bits per heavy atom. The van der Waals surface area contributed by atoms with Gasteiger partial charge in [-0.15, -0.1) is 0 Å². The zero-order valence-electron chi connectivity index (χ0n) is 16.5. The standard InChI is InChI=1S/C15H25NOS.2C2H6/c1-11-8-9-13(12(10-11)14(2,3)4)18(17)16-15(5,6)7;2*1-2/h8-10,16H,1-7H3;2*1-2H3. The van der Waals surface area contributed by atoms with Crippen molar-refractivity contribution in [2.45, 2.75) is 92.0 Å². The summed E-state index contributed by atoms with van der Waals surface area (Å²) in [6.45, 7) is 22.6. The molecule has 1 rings (SSSR count). The van der Waals surface area contributed by atoms with Crippen LogP contribution in [0.25, 0.3) is 0 Å². The Bertz CT molecular complexity index is 453. The minimum absolute atomic E-state index is 0.00340. The van der Waals surface area contributed by atoms with Crippen LogP contribution < -0.4 is 4.72 Å². The van der Waals surface area contributed by atoms with E-state index in [-0.39, 0.29) is 11.0 Å². The molecule has 3 heteroatoms. The lowest BCUT2D eigenvalue weighted by Gasteiger charge is -2.26.